The second-order valence-electron chi connectivity index (χ2n) is 5.63. The molecule has 0 aliphatic heterocycles. The van der Waals surface area contributed by atoms with Gasteiger partial charge in [-0.05, 0) is 25.0 Å². The molecule has 1 atom stereocenters. The zero-order valence-corrected chi connectivity index (χ0v) is 14.2. The van der Waals surface area contributed by atoms with E-state index in [4.69, 9.17) is 0 Å². The van der Waals surface area contributed by atoms with Gasteiger partial charge in [0.25, 0.3) is 5.69 Å². The summed E-state index contributed by atoms with van der Waals surface area (Å²) in [4.78, 5) is 20.5. The molecule has 1 N–H and O–H groups in total. The minimum atomic E-state index is -0.684. The van der Waals surface area contributed by atoms with Gasteiger partial charge in [0.15, 0.2) is 0 Å². The van der Waals surface area contributed by atoms with Crippen LogP contribution >= 0.6 is 0 Å². The van der Waals surface area contributed by atoms with Crippen LogP contribution in [0.5, 0.6) is 0 Å². The first-order valence-corrected chi connectivity index (χ1v) is 7.82. The normalized spacial score (nSPS) is 12.3. The van der Waals surface area contributed by atoms with Crippen molar-refractivity contribution in [1.29, 1.82) is 0 Å². The largest absolute Gasteiger partial charge is 0.301 e. The van der Waals surface area contributed by atoms with Crippen LogP contribution in [0, 0.1) is 20.2 Å². The van der Waals surface area contributed by atoms with Gasteiger partial charge in [-0.25, -0.2) is 0 Å². The average Bonchev–Trinajstić information content (AvgIpc) is 2.64. The Bertz CT molecular complexity index is 850. The van der Waals surface area contributed by atoms with Gasteiger partial charge in [-0.15, -0.1) is 6.58 Å². The Morgan fingerprint density at radius 1 is 1.19 bits per heavy atom. The number of allylic oxidation sites excluding steroid dienone is 1. The zero-order valence-electron chi connectivity index (χ0n) is 14.2. The van der Waals surface area contributed by atoms with E-state index in [1.54, 1.807) is 6.92 Å². The van der Waals surface area contributed by atoms with Crippen molar-refractivity contribution in [3.8, 4) is 0 Å². The van der Waals surface area contributed by atoms with E-state index < -0.39 is 15.5 Å². The molecule has 0 aliphatic rings. The molecule has 134 valence electrons. The molecule has 8 nitrogen and oxygen atoms in total. The summed E-state index contributed by atoms with van der Waals surface area (Å²) >= 11 is 0. The Hall–Kier alpha value is -3.55. The Kier molecular flexibility index (Phi) is 6.15. The molecule has 0 aliphatic carbocycles. The van der Waals surface area contributed by atoms with Crippen LogP contribution in [0.2, 0.25) is 0 Å². The summed E-state index contributed by atoms with van der Waals surface area (Å²) in [5, 5.41) is 26.1. The topological polar surface area (TPSA) is 111 Å². The van der Waals surface area contributed by atoms with Crippen molar-refractivity contribution in [3.05, 3.63) is 87.0 Å². The van der Waals surface area contributed by atoms with Crippen LogP contribution in [-0.4, -0.2) is 15.6 Å². The fraction of sp³-hybridized carbons (Fsp3) is 0.167. The Morgan fingerprint density at radius 3 is 2.46 bits per heavy atom. The van der Waals surface area contributed by atoms with Crippen LogP contribution in [0.3, 0.4) is 0 Å². The number of hydrazone groups is 1. The van der Waals surface area contributed by atoms with Crippen molar-refractivity contribution in [3.63, 3.8) is 0 Å². The van der Waals surface area contributed by atoms with Gasteiger partial charge in [-0.3, -0.25) is 25.7 Å². The average molecular weight is 354 g/mol. The number of nitrogens with one attached hydrogen (secondary N) is 1. The predicted octanol–water partition coefficient (Wildman–Crippen LogP) is 4.65. The number of rotatable bonds is 8. The lowest BCUT2D eigenvalue weighted by Crippen LogP contribution is -2.05. The quantitative estimate of drug-likeness (QED) is 0.321. The molecule has 26 heavy (non-hydrogen) atoms. The Balaban J connectivity index is 2.16. The summed E-state index contributed by atoms with van der Waals surface area (Å²) in [6, 6.07) is 13.2. The van der Waals surface area contributed by atoms with Gasteiger partial charge < -0.3 is 0 Å². The Morgan fingerprint density at radius 2 is 1.88 bits per heavy atom. The van der Waals surface area contributed by atoms with Crippen molar-refractivity contribution in [2.75, 3.05) is 5.43 Å². The molecule has 0 bridgehead atoms. The molecule has 0 heterocycles. The number of benzene rings is 2. The summed E-state index contributed by atoms with van der Waals surface area (Å²) in [6.07, 6.45) is 2.41. The van der Waals surface area contributed by atoms with Crippen LogP contribution in [-0.2, 0) is 0 Å². The molecule has 0 saturated carbocycles. The highest BCUT2D eigenvalue weighted by molar-refractivity contribution is 5.84. The second-order valence-corrected chi connectivity index (χ2v) is 5.63. The number of nitro benzene ring substituents is 2. The molecule has 2 rings (SSSR count). The molecule has 0 spiro atoms. The minimum absolute atomic E-state index is 0.0635. The number of non-ortho nitro benzene ring substituents is 1. The molecule has 0 aromatic heterocycles. The monoisotopic (exact) mass is 354 g/mol. The summed E-state index contributed by atoms with van der Waals surface area (Å²) in [7, 11) is 0. The number of hydrogen-bond donors (Lipinski definition) is 1. The highest BCUT2D eigenvalue weighted by Crippen LogP contribution is 2.29. The highest BCUT2D eigenvalue weighted by atomic mass is 16.6. The third kappa shape index (κ3) is 4.73. The van der Waals surface area contributed by atoms with E-state index in [1.165, 1.54) is 12.1 Å². The van der Waals surface area contributed by atoms with E-state index in [-0.39, 0.29) is 17.3 Å². The lowest BCUT2D eigenvalue weighted by atomic mass is 9.94. The van der Waals surface area contributed by atoms with E-state index in [1.807, 2.05) is 36.4 Å². The van der Waals surface area contributed by atoms with Crippen molar-refractivity contribution in [2.45, 2.75) is 19.3 Å². The van der Waals surface area contributed by atoms with Gasteiger partial charge in [0.05, 0.1) is 15.9 Å². The van der Waals surface area contributed by atoms with E-state index in [9.17, 15) is 20.2 Å². The molecule has 0 amide bonds. The molecular weight excluding hydrogens is 336 g/mol. The molecule has 1 unspecified atom stereocenters. The molecule has 0 radical (unpaired) electrons. The summed E-state index contributed by atoms with van der Waals surface area (Å²) in [6.45, 7) is 5.64. The third-order valence-electron chi connectivity index (χ3n) is 3.78. The standard InChI is InChI=1S/C18H18N4O4/c1-3-14(15-7-5-4-6-8-15)11-13(2)19-20-17-10-9-16(21(23)24)12-18(17)22(25)26/h3-10,12,14,20H,1,11H2,2H3. The fourth-order valence-electron chi connectivity index (χ4n) is 2.44. The predicted molar refractivity (Wildman–Crippen MR) is 100 cm³/mol. The number of hydrogen-bond acceptors (Lipinski definition) is 6. The molecule has 2 aromatic rings. The lowest BCUT2D eigenvalue weighted by molar-refractivity contribution is -0.393. The molecule has 8 heteroatoms. The fourth-order valence-corrected chi connectivity index (χ4v) is 2.44. The second kappa shape index (κ2) is 8.52. The molecular formula is C18H18N4O4. The summed E-state index contributed by atoms with van der Waals surface area (Å²) < 4.78 is 0. The van der Waals surface area contributed by atoms with Gasteiger partial charge in [0, 0.05) is 17.7 Å². The van der Waals surface area contributed by atoms with Crippen LogP contribution in [0.25, 0.3) is 0 Å². The first-order chi connectivity index (χ1) is 12.4. The van der Waals surface area contributed by atoms with Gasteiger partial charge in [0.1, 0.15) is 5.69 Å². The zero-order chi connectivity index (χ0) is 19.1. The van der Waals surface area contributed by atoms with E-state index in [2.05, 4.69) is 17.1 Å². The Labute approximate surface area is 150 Å². The first kappa shape index (κ1) is 18.8. The highest BCUT2D eigenvalue weighted by Gasteiger charge is 2.19. The van der Waals surface area contributed by atoms with Crippen molar-refractivity contribution in [1.82, 2.24) is 0 Å². The van der Waals surface area contributed by atoms with Crippen molar-refractivity contribution >= 4 is 22.8 Å². The van der Waals surface area contributed by atoms with Gasteiger partial charge in [0.2, 0.25) is 0 Å². The number of nitrogens with zero attached hydrogens (tertiary/aromatic N) is 3. The summed E-state index contributed by atoms with van der Waals surface area (Å²) in [5.41, 5.74) is 3.78. The van der Waals surface area contributed by atoms with Gasteiger partial charge in [-0.2, -0.15) is 5.10 Å². The van der Waals surface area contributed by atoms with E-state index in [0.29, 0.717) is 12.1 Å². The maximum absolute atomic E-state index is 11.1. The smallest absolute Gasteiger partial charge is 0.272 e. The van der Waals surface area contributed by atoms with Crippen LogP contribution in [0.15, 0.2) is 66.3 Å². The summed E-state index contributed by atoms with van der Waals surface area (Å²) in [5.74, 6) is 0.0635. The van der Waals surface area contributed by atoms with E-state index in [0.717, 1.165) is 11.6 Å². The number of nitro groups is 2. The van der Waals surface area contributed by atoms with E-state index >= 15 is 0 Å². The third-order valence-corrected chi connectivity index (χ3v) is 3.78. The molecule has 2 aromatic carbocycles. The van der Waals surface area contributed by atoms with Gasteiger partial charge >= 0.3 is 5.69 Å². The SMILES string of the molecule is C=CC(CC(C)=NNc1ccc([N+](=O)[O-])cc1[N+](=O)[O-])c1ccccc1. The van der Waals surface area contributed by atoms with Crippen molar-refractivity contribution < 1.29 is 9.85 Å². The van der Waals surface area contributed by atoms with Crippen molar-refractivity contribution in [2.24, 2.45) is 5.10 Å². The molecule has 0 fully saturated rings. The van der Waals surface area contributed by atoms with Gasteiger partial charge in [-0.1, -0.05) is 36.4 Å². The molecule has 0 saturated heterocycles. The van der Waals surface area contributed by atoms with Crippen LogP contribution in [0.1, 0.15) is 24.8 Å². The maximum Gasteiger partial charge on any atom is 0.301 e. The first-order valence-electron chi connectivity index (χ1n) is 7.82. The maximum atomic E-state index is 11.1. The van der Waals surface area contributed by atoms with Crippen LogP contribution < -0.4 is 5.43 Å². The lowest BCUT2D eigenvalue weighted by Gasteiger charge is -2.12. The van der Waals surface area contributed by atoms with Crippen LogP contribution in [0.4, 0.5) is 17.1 Å². The number of anilines is 1. The minimum Gasteiger partial charge on any atom is -0.272 e.